The molecule has 0 aliphatic heterocycles. The van der Waals surface area contributed by atoms with Gasteiger partial charge in [-0.1, -0.05) is 0 Å². The molecule has 1 unspecified atom stereocenters. The van der Waals surface area contributed by atoms with Crippen LogP contribution in [0.2, 0.25) is 0 Å². The number of rotatable bonds is 5. The maximum Gasteiger partial charge on any atom is 0.321 e. The molecule has 0 spiro atoms. The zero-order chi connectivity index (χ0) is 8.85. The largest absolute Gasteiger partial charge is 0.480 e. The van der Waals surface area contributed by atoms with Gasteiger partial charge < -0.3 is 5.11 Å². The minimum absolute atomic E-state index is 0. The van der Waals surface area contributed by atoms with Crippen molar-refractivity contribution in [3.63, 3.8) is 0 Å². The van der Waals surface area contributed by atoms with Crippen LogP contribution in [0.4, 0.5) is 0 Å². The summed E-state index contributed by atoms with van der Waals surface area (Å²) in [6.07, 6.45) is 0. The van der Waals surface area contributed by atoms with E-state index in [0.29, 0.717) is 18.2 Å². The van der Waals surface area contributed by atoms with Gasteiger partial charge >= 0.3 is 5.97 Å². The Balaban J connectivity index is 0. The van der Waals surface area contributed by atoms with Gasteiger partial charge in [0.15, 0.2) is 0 Å². The highest BCUT2D eigenvalue weighted by Gasteiger charge is 2.19. The molecule has 0 aromatic carbocycles. The molecule has 1 atom stereocenters. The number of carboxylic acids is 1. The number of thiol groups is 1. The number of hydrogen-bond donors (Lipinski definition) is 2. The number of likely N-dealkylation sites (N-methyl/N-ethyl adjacent to an activating group) is 1. The molecule has 0 aromatic rings. The number of alkyl halides is 1. The van der Waals surface area contributed by atoms with Gasteiger partial charge in [0.2, 0.25) is 0 Å². The summed E-state index contributed by atoms with van der Waals surface area (Å²) in [6.45, 7) is 0.569. The molecule has 6 heteroatoms. The molecular formula is C6H13Cl2NO2S. The quantitative estimate of drug-likeness (QED) is 0.550. The topological polar surface area (TPSA) is 40.5 Å². The number of carboxylic acid groups (broad SMARTS) is 1. The minimum atomic E-state index is -0.854. The lowest BCUT2D eigenvalue weighted by atomic mass is 10.3. The number of hydrogen-bond acceptors (Lipinski definition) is 3. The van der Waals surface area contributed by atoms with Crippen LogP contribution in [-0.2, 0) is 4.79 Å². The van der Waals surface area contributed by atoms with Gasteiger partial charge in [-0.3, -0.25) is 9.69 Å². The van der Waals surface area contributed by atoms with Crippen molar-refractivity contribution in [1.29, 1.82) is 0 Å². The van der Waals surface area contributed by atoms with Crippen LogP contribution in [0, 0.1) is 0 Å². The molecule has 3 nitrogen and oxygen atoms in total. The average Bonchev–Trinajstić information content (AvgIpc) is 1.88. The molecule has 0 rings (SSSR count). The SMILES string of the molecule is CN(CCCl)C(CS)C(=O)O.Cl. The Labute approximate surface area is 88.9 Å². The van der Waals surface area contributed by atoms with Crippen molar-refractivity contribution in [2.75, 3.05) is 25.2 Å². The molecule has 0 aromatic heterocycles. The van der Waals surface area contributed by atoms with Crippen molar-refractivity contribution >= 4 is 42.6 Å². The second-order valence-corrected chi connectivity index (χ2v) is 2.95. The van der Waals surface area contributed by atoms with Gasteiger partial charge in [-0.2, -0.15) is 12.6 Å². The van der Waals surface area contributed by atoms with E-state index in [4.69, 9.17) is 16.7 Å². The van der Waals surface area contributed by atoms with E-state index >= 15 is 0 Å². The van der Waals surface area contributed by atoms with Gasteiger partial charge in [0.25, 0.3) is 0 Å². The van der Waals surface area contributed by atoms with E-state index in [-0.39, 0.29) is 12.4 Å². The molecule has 0 aliphatic carbocycles. The Bertz CT molecular complexity index is 137. The third kappa shape index (κ3) is 5.09. The first-order valence-electron chi connectivity index (χ1n) is 3.23. The second-order valence-electron chi connectivity index (χ2n) is 2.21. The van der Waals surface area contributed by atoms with E-state index in [1.807, 2.05) is 0 Å². The zero-order valence-corrected chi connectivity index (χ0v) is 9.20. The second kappa shape index (κ2) is 7.98. The summed E-state index contributed by atoms with van der Waals surface area (Å²) in [5.41, 5.74) is 0. The van der Waals surface area contributed by atoms with E-state index in [0.717, 1.165) is 0 Å². The summed E-state index contributed by atoms with van der Waals surface area (Å²) in [6, 6.07) is -0.530. The van der Waals surface area contributed by atoms with Gasteiger partial charge in [-0.25, -0.2) is 0 Å². The third-order valence-corrected chi connectivity index (χ3v) is 1.94. The molecule has 0 heterocycles. The van der Waals surface area contributed by atoms with Gasteiger partial charge in [0.05, 0.1) is 0 Å². The highest BCUT2D eigenvalue weighted by atomic mass is 35.5. The van der Waals surface area contributed by atoms with Gasteiger partial charge in [0.1, 0.15) is 6.04 Å². The van der Waals surface area contributed by atoms with Crippen molar-refractivity contribution in [2.24, 2.45) is 0 Å². The number of aliphatic carboxylic acids is 1. The average molecular weight is 234 g/mol. The van der Waals surface area contributed by atoms with Crippen LogP contribution >= 0.6 is 36.6 Å². The Morgan fingerprint density at radius 1 is 1.75 bits per heavy atom. The minimum Gasteiger partial charge on any atom is -0.480 e. The third-order valence-electron chi connectivity index (χ3n) is 1.43. The van der Waals surface area contributed by atoms with Crippen LogP contribution in [0.3, 0.4) is 0 Å². The fourth-order valence-corrected chi connectivity index (χ4v) is 1.40. The van der Waals surface area contributed by atoms with Crippen LogP contribution in [0.15, 0.2) is 0 Å². The zero-order valence-electron chi connectivity index (χ0n) is 6.73. The monoisotopic (exact) mass is 233 g/mol. The van der Waals surface area contributed by atoms with Crippen LogP contribution in [0.1, 0.15) is 0 Å². The molecule has 0 amide bonds. The first-order valence-corrected chi connectivity index (χ1v) is 4.40. The fourth-order valence-electron chi connectivity index (χ4n) is 0.695. The van der Waals surface area contributed by atoms with E-state index < -0.39 is 12.0 Å². The lowest BCUT2D eigenvalue weighted by Crippen LogP contribution is -2.40. The molecule has 1 N–H and O–H groups in total. The molecule has 74 valence electrons. The normalized spacial score (nSPS) is 12.3. The lowest BCUT2D eigenvalue weighted by molar-refractivity contribution is -0.141. The molecule has 0 saturated carbocycles. The van der Waals surface area contributed by atoms with Crippen LogP contribution < -0.4 is 0 Å². The van der Waals surface area contributed by atoms with E-state index in [1.165, 1.54) is 0 Å². The first kappa shape index (κ1) is 14.9. The highest BCUT2D eigenvalue weighted by Crippen LogP contribution is 1.99. The predicted molar refractivity (Wildman–Crippen MR) is 55.9 cm³/mol. The van der Waals surface area contributed by atoms with Gasteiger partial charge in [0, 0.05) is 18.2 Å². The molecular weight excluding hydrogens is 221 g/mol. The van der Waals surface area contributed by atoms with Crippen molar-refractivity contribution in [2.45, 2.75) is 6.04 Å². The molecule has 0 fully saturated rings. The van der Waals surface area contributed by atoms with Crippen molar-refractivity contribution in [3.05, 3.63) is 0 Å². The standard InChI is InChI=1S/C6H12ClNO2S.ClH/c1-8(3-2-7)5(4-11)6(9)10;/h5,11H,2-4H2,1H3,(H,9,10);1H. The maximum absolute atomic E-state index is 10.5. The Morgan fingerprint density at radius 3 is 2.50 bits per heavy atom. The summed E-state index contributed by atoms with van der Waals surface area (Å²) < 4.78 is 0. The summed E-state index contributed by atoms with van der Waals surface area (Å²) in [5.74, 6) is -0.107. The van der Waals surface area contributed by atoms with Crippen molar-refractivity contribution in [1.82, 2.24) is 4.90 Å². The predicted octanol–water partition coefficient (Wildman–Crippen LogP) is 0.962. The van der Waals surface area contributed by atoms with Crippen LogP contribution in [-0.4, -0.2) is 47.2 Å². The summed E-state index contributed by atoms with van der Waals surface area (Å²) in [7, 11) is 1.72. The van der Waals surface area contributed by atoms with Crippen molar-refractivity contribution in [3.8, 4) is 0 Å². The number of nitrogens with zero attached hydrogens (tertiary/aromatic N) is 1. The van der Waals surface area contributed by atoms with Gasteiger partial charge in [-0.05, 0) is 7.05 Å². The van der Waals surface area contributed by atoms with Gasteiger partial charge in [-0.15, -0.1) is 24.0 Å². The lowest BCUT2D eigenvalue weighted by Gasteiger charge is -2.21. The maximum atomic E-state index is 10.5. The fraction of sp³-hybridized carbons (Fsp3) is 0.833. The summed E-state index contributed by atoms with van der Waals surface area (Å²) in [5, 5.41) is 8.64. The first-order chi connectivity index (χ1) is 5.13. The Hall–Kier alpha value is 0.360. The molecule has 12 heavy (non-hydrogen) atoms. The molecule has 0 aliphatic rings. The number of carbonyl (C=O) groups is 1. The molecule has 0 bridgehead atoms. The molecule has 0 saturated heterocycles. The van der Waals surface area contributed by atoms with Crippen LogP contribution in [0.5, 0.6) is 0 Å². The summed E-state index contributed by atoms with van der Waals surface area (Å²) >= 11 is 9.36. The van der Waals surface area contributed by atoms with E-state index in [1.54, 1.807) is 11.9 Å². The van der Waals surface area contributed by atoms with E-state index in [9.17, 15) is 4.79 Å². The number of halogens is 2. The highest BCUT2D eigenvalue weighted by molar-refractivity contribution is 7.80. The smallest absolute Gasteiger partial charge is 0.321 e. The Morgan fingerprint density at radius 2 is 2.25 bits per heavy atom. The van der Waals surface area contributed by atoms with E-state index in [2.05, 4.69) is 12.6 Å². The van der Waals surface area contributed by atoms with Crippen molar-refractivity contribution < 1.29 is 9.90 Å². The van der Waals surface area contributed by atoms with Crippen LogP contribution in [0.25, 0.3) is 0 Å². The summed E-state index contributed by atoms with van der Waals surface area (Å²) in [4.78, 5) is 12.2. The Kier molecular flexibility index (Phi) is 9.88. The molecule has 0 radical (unpaired) electrons.